The standard InChI is InChI=1S/C49H76N2O3/c1-33(2)29-40-39-17-18-42-47(7)23-20-43(54-34(3)52)45(4,5)41(47)19-24-49(42,9)48(39,8)26-25-46(40,6)44(53)50-38-16-15-37(31-38)32-51-27-21-36(22-28-51)30-35-13-11-10-12-14-35/h10-14,36-43H,1,15-32H2,2-9H3,(H,50,53)/t37-,38+,39+,40+,41+,42+,43-,46-,47+,48+,49+/m0/s1. The van der Waals surface area contributed by atoms with Crippen molar-refractivity contribution >= 4 is 11.9 Å². The highest BCUT2D eigenvalue weighted by atomic mass is 16.5. The van der Waals surface area contributed by atoms with E-state index in [0.717, 1.165) is 50.9 Å². The summed E-state index contributed by atoms with van der Waals surface area (Å²) in [7, 11) is 0. The zero-order valence-electron chi connectivity index (χ0n) is 35.6. The molecular weight excluding hydrogens is 665 g/mol. The first-order valence-electron chi connectivity index (χ1n) is 22.4. The Hall–Kier alpha value is -2.14. The molecule has 5 aliphatic carbocycles. The van der Waals surface area contributed by atoms with E-state index in [4.69, 9.17) is 4.74 Å². The lowest BCUT2D eigenvalue weighted by atomic mass is 9.32. The molecule has 6 fully saturated rings. The molecule has 300 valence electrons. The van der Waals surface area contributed by atoms with Gasteiger partial charge in [0.25, 0.3) is 0 Å². The van der Waals surface area contributed by atoms with Gasteiger partial charge >= 0.3 is 5.97 Å². The number of carbonyl (C=O) groups excluding carboxylic acids is 2. The van der Waals surface area contributed by atoms with E-state index in [1.165, 1.54) is 82.1 Å². The lowest BCUT2D eigenvalue weighted by Crippen LogP contribution is -2.67. The Bertz CT molecular complexity index is 1530. The summed E-state index contributed by atoms with van der Waals surface area (Å²) in [6, 6.07) is 11.3. The van der Waals surface area contributed by atoms with Crippen LogP contribution in [0.5, 0.6) is 0 Å². The Balaban J connectivity index is 0.999. The zero-order chi connectivity index (χ0) is 38.7. The van der Waals surface area contributed by atoms with Gasteiger partial charge in [-0.1, -0.05) is 77.4 Å². The summed E-state index contributed by atoms with van der Waals surface area (Å²) in [5.74, 6) is 3.73. The summed E-state index contributed by atoms with van der Waals surface area (Å²) >= 11 is 0. The van der Waals surface area contributed by atoms with Crippen molar-refractivity contribution in [3.63, 3.8) is 0 Å². The van der Waals surface area contributed by atoms with Crippen molar-refractivity contribution in [2.75, 3.05) is 19.6 Å². The Morgan fingerprint density at radius 3 is 2.20 bits per heavy atom. The van der Waals surface area contributed by atoms with Gasteiger partial charge in [0.05, 0.1) is 0 Å². The molecule has 1 aliphatic heterocycles. The third-order valence-corrected chi connectivity index (χ3v) is 18.2. The monoisotopic (exact) mass is 741 g/mol. The second-order valence-corrected chi connectivity index (χ2v) is 21.6. The molecular formula is C49H76N2O3. The topological polar surface area (TPSA) is 58.6 Å². The average Bonchev–Trinajstić information content (AvgIpc) is 3.55. The van der Waals surface area contributed by atoms with Gasteiger partial charge < -0.3 is 15.0 Å². The second-order valence-electron chi connectivity index (χ2n) is 21.6. The number of hydrogen-bond acceptors (Lipinski definition) is 4. The van der Waals surface area contributed by atoms with E-state index in [9.17, 15) is 9.59 Å². The fourth-order valence-electron chi connectivity index (χ4n) is 15.1. The number of nitrogens with zero attached hydrogens (tertiary/aromatic N) is 1. The Kier molecular flexibility index (Phi) is 11.1. The number of fused-ring (bicyclic) bond motifs is 5. The van der Waals surface area contributed by atoms with E-state index >= 15 is 0 Å². The molecule has 7 rings (SSSR count). The molecule has 1 N–H and O–H groups in total. The van der Waals surface area contributed by atoms with Crippen LogP contribution in [0.2, 0.25) is 0 Å². The predicted molar refractivity (Wildman–Crippen MR) is 221 cm³/mol. The molecule has 1 heterocycles. The molecule has 0 spiro atoms. The van der Waals surface area contributed by atoms with Crippen LogP contribution < -0.4 is 5.32 Å². The number of likely N-dealkylation sites (tertiary alicyclic amines) is 1. The highest BCUT2D eigenvalue weighted by Gasteiger charge is 2.70. The zero-order valence-corrected chi connectivity index (χ0v) is 35.6. The summed E-state index contributed by atoms with van der Waals surface area (Å²) in [5.41, 5.74) is 2.97. The van der Waals surface area contributed by atoms with E-state index in [1.807, 2.05) is 0 Å². The molecule has 11 atom stereocenters. The van der Waals surface area contributed by atoms with Gasteiger partial charge in [0.15, 0.2) is 0 Å². The van der Waals surface area contributed by atoms with Crippen LogP contribution >= 0.6 is 0 Å². The van der Waals surface area contributed by atoms with E-state index in [2.05, 4.69) is 95.6 Å². The van der Waals surface area contributed by atoms with Gasteiger partial charge in [0.2, 0.25) is 5.91 Å². The number of rotatable bonds is 9. The molecule has 5 heteroatoms. The van der Waals surface area contributed by atoms with E-state index < -0.39 is 0 Å². The van der Waals surface area contributed by atoms with Crippen LogP contribution in [-0.2, 0) is 20.7 Å². The molecule has 0 bridgehead atoms. The fourth-order valence-corrected chi connectivity index (χ4v) is 15.1. The number of carbonyl (C=O) groups is 2. The molecule has 5 saturated carbocycles. The number of esters is 1. The normalized spacial score (nSPS) is 42.3. The number of piperidine rings is 1. The lowest BCUT2D eigenvalue weighted by Gasteiger charge is -2.72. The number of benzene rings is 1. The van der Waals surface area contributed by atoms with Gasteiger partial charge in [0.1, 0.15) is 6.10 Å². The van der Waals surface area contributed by atoms with Crippen LogP contribution in [0.1, 0.15) is 151 Å². The molecule has 5 nitrogen and oxygen atoms in total. The largest absolute Gasteiger partial charge is 0.462 e. The summed E-state index contributed by atoms with van der Waals surface area (Å²) in [6.07, 6.45) is 17.4. The van der Waals surface area contributed by atoms with Gasteiger partial charge in [-0.3, -0.25) is 9.59 Å². The maximum Gasteiger partial charge on any atom is 0.302 e. The van der Waals surface area contributed by atoms with Gasteiger partial charge in [0, 0.05) is 30.3 Å². The number of nitrogens with one attached hydrogen (secondary N) is 1. The number of amides is 1. The smallest absolute Gasteiger partial charge is 0.302 e. The van der Waals surface area contributed by atoms with Crippen LogP contribution in [0, 0.1) is 62.6 Å². The number of allylic oxidation sites excluding steroid dienone is 1. The first-order valence-corrected chi connectivity index (χ1v) is 22.4. The Labute approximate surface area is 329 Å². The van der Waals surface area contributed by atoms with Crippen LogP contribution in [0.15, 0.2) is 42.5 Å². The quantitative estimate of drug-likeness (QED) is 0.202. The van der Waals surface area contributed by atoms with E-state index in [-0.39, 0.29) is 39.1 Å². The van der Waals surface area contributed by atoms with Gasteiger partial charge in [-0.2, -0.15) is 0 Å². The molecule has 1 aromatic carbocycles. The van der Waals surface area contributed by atoms with Crippen LogP contribution in [0.3, 0.4) is 0 Å². The highest BCUT2D eigenvalue weighted by Crippen LogP contribution is 2.76. The number of hydrogen-bond donors (Lipinski definition) is 1. The molecule has 1 aromatic rings. The van der Waals surface area contributed by atoms with Gasteiger partial charge in [-0.05, 0) is 174 Å². The number of ether oxygens (including phenoxy) is 1. The van der Waals surface area contributed by atoms with Crippen molar-refractivity contribution in [2.45, 2.75) is 164 Å². The van der Waals surface area contributed by atoms with Crippen molar-refractivity contribution in [3.05, 3.63) is 48.0 Å². The maximum absolute atomic E-state index is 14.7. The highest BCUT2D eigenvalue weighted by molar-refractivity contribution is 5.83. The lowest BCUT2D eigenvalue weighted by molar-refractivity contribution is -0.248. The minimum atomic E-state index is -0.365. The molecule has 0 radical (unpaired) electrons. The maximum atomic E-state index is 14.7. The fraction of sp³-hybridized carbons (Fsp3) is 0.796. The minimum Gasteiger partial charge on any atom is -0.462 e. The molecule has 1 amide bonds. The van der Waals surface area contributed by atoms with E-state index in [1.54, 1.807) is 6.92 Å². The van der Waals surface area contributed by atoms with Crippen molar-refractivity contribution in [1.29, 1.82) is 0 Å². The summed E-state index contributed by atoms with van der Waals surface area (Å²) in [4.78, 5) is 29.5. The first kappa shape index (κ1) is 40.1. The van der Waals surface area contributed by atoms with Crippen molar-refractivity contribution in [1.82, 2.24) is 10.2 Å². The third-order valence-electron chi connectivity index (χ3n) is 18.2. The molecule has 1 saturated heterocycles. The van der Waals surface area contributed by atoms with Gasteiger partial charge in [-0.15, -0.1) is 6.58 Å². The SMILES string of the molecule is C=C(C)C[C@@H]1[C@H]2CC[C@@H]3[C@]4(C)CC[C@H](OC(C)=O)C(C)(C)[C@H]4CC[C@@]3(C)[C@]2(C)CC[C@]1(C)C(=O)N[C@@H]1CC[C@H](CN2CCC(Cc3ccccc3)CC2)C1. The van der Waals surface area contributed by atoms with Crippen molar-refractivity contribution in [3.8, 4) is 0 Å². The second kappa shape index (κ2) is 15.0. The summed E-state index contributed by atoms with van der Waals surface area (Å²) < 4.78 is 5.98. The van der Waals surface area contributed by atoms with Crippen molar-refractivity contribution < 1.29 is 14.3 Å². The first-order chi connectivity index (χ1) is 25.5. The van der Waals surface area contributed by atoms with Crippen LogP contribution in [-0.4, -0.2) is 48.6 Å². The molecule has 54 heavy (non-hydrogen) atoms. The Morgan fingerprint density at radius 2 is 1.52 bits per heavy atom. The van der Waals surface area contributed by atoms with Crippen molar-refractivity contribution in [2.24, 2.45) is 62.6 Å². The predicted octanol–water partition coefficient (Wildman–Crippen LogP) is 10.8. The average molecular weight is 741 g/mol. The van der Waals surface area contributed by atoms with Crippen LogP contribution in [0.25, 0.3) is 0 Å². The molecule has 0 unspecified atom stereocenters. The summed E-state index contributed by atoms with van der Waals surface area (Å²) in [6.45, 7) is 26.9. The summed E-state index contributed by atoms with van der Waals surface area (Å²) in [5, 5.41) is 3.71. The third kappa shape index (κ3) is 7.06. The molecule has 6 aliphatic rings. The molecule has 0 aromatic heterocycles. The van der Waals surface area contributed by atoms with Gasteiger partial charge in [-0.25, -0.2) is 0 Å². The Morgan fingerprint density at radius 1 is 0.796 bits per heavy atom. The van der Waals surface area contributed by atoms with E-state index in [0.29, 0.717) is 41.5 Å². The minimum absolute atomic E-state index is 0.0102. The van der Waals surface area contributed by atoms with Crippen LogP contribution in [0.4, 0.5) is 0 Å².